The number of benzene rings is 2. The summed E-state index contributed by atoms with van der Waals surface area (Å²) < 4.78 is 44.2. The van der Waals surface area contributed by atoms with E-state index in [-0.39, 0.29) is 10.7 Å². The van der Waals surface area contributed by atoms with Crippen LogP contribution in [-0.4, -0.2) is 38.5 Å². The highest BCUT2D eigenvalue weighted by Gasteiger charge is 2.16. The lowest BCUT2D eigenvalue weighted by Gasteiger charge is -2.13. The number of sulfone groups is 1. The summed E-state index contributed by atoms with van der Waals surface area (Å²) in [6, 6.07) is 14.9. The van der Waals surface area contributed by atoms with Gasteiger partial charge in [0.1, 0.15) is 5.82 Å². The zero-order valence-electron chi connectivity index (χ0n) is 18.4. The number of ether oxygens (including phenoxy) is 1. The smallest absolute Gasteiger partial charge is 0.407 e. The standard InChI is InChI=1S/C24H27FN2O4S/c1-4-15-31-24(28)26-14-13-19-16-23(18-5-11-22(12-6-18)32(3,29)30)27(17(19)2)21-9-7-20(25)8-10-21/h5-12,16H,4,13-15H2,1-3H3,(H,26,28). The number of hydrogen-bond donors (Lipinski definition) is 1. The SMILES string of the molecule is CCCOC(=O)NCCc1cc(-c2ccc(S(C)(=O)=O)cc2)n(-c2ccc(F)cc2)c1C. The number of hydrogen-bond acceptors (Lipinski definition) is 4. The molecule has 0 fully saturated rings. The summed E-state index contributed by atoms with van der Waals surface area (Å²) >= 11 is 0. The zero-order valence-corrected chi connectivity index (χ0v) is 19.2. The number of carbonyl (C=O) groups is 1. The number of amides is 1. The molecule has 0 aliphatic rings. The van der Waals surface area contributed by atoms with Gasteiger partial charge in [0.15, 0.2) is 9.84 Å². The molecule has 0 radical (unpaired) electrons. The van der Waals surface area contributed by atoms with Crippen LogP contribution in [0.3, 0.4) is 0 Å². The molecule has 3 rings (SSSR count). The highest BCUT2D eigenvalue weighted by Crippen LogP contribution is 2.30. The lowest BCUT2D eigenvalue weighted by Crippen LogP contribution is -2.26. The van der Waals surface area contributed by atoms with E-state index < -0.39 is 15.9 Å². The molecule has 0 unspecified atom stereocenters. The normalized spacial score (nSPS) is 11.4. The second kappa shape index (κ2) is 9.99. The molecule has 0 saturated heterocycles. The van der Waals surface area contributed by atoms with Crippen LogP contribution in [0.4, 0.5) is 9.18 Å². The maximum absolute atomic E-state index is 13.5. The predicted molar refractivity (Wildman–Crippen MR) is 122 cm³/mol. The van der Waals surface area contributed by atoms with Gasteiger partial charge in [-0.3, -0.25) is 0 Å². The molecular formula is C24H27FN2O4S. The van der Waals surface area contributed by atoms with Crippen molar-refractivity contribution in [1.29, 1.82) is 0 Å². The molecule has 0 saturated carbocycles. The first-order valence-corrected chi connectivity index (χ1v) is 12.3. The first kappa shape index (κ1) is 23.5. The molecule has 32 heavy (non-hydrogen) atoms. The molecular weight excluding hydrogens is 431 g/mol. The highest BCUT2D eigenvalue weighted by molar-refractivity contribution is 7.90. The Morgan fingerprint density at radius 1 is 1.09 bits per heavy atom. The number of nitrogens with one attached hydrogen (secondary N) is 1. The molecule has 2 aromatic carbocycles. The molecule has 0 atom stereocenters. The molecule has 3 aromatic rings. The monoisotopic (exact) mass is 458 g/mol. The van der Waals surface area contributed by atoms with Crippen LogP contribution >= 0.6 is 0 Å². The Balaban J connectivity index is 1.95. The number of halogens is 1. The lowest BCUT2D eigenvalue weighted by molar-refractivity contribution is 0.146. The fraction of sp³-hybridized carbons (Fsp3) is 0.292. The van der Waals surface area contributed by atoms with Crippen molar-refractivity contribution >= 4 is 15.9 Å². The summed E-state index contributed by atoms with van der Waals surface area (Å²) in [7, 11) is -3.30. The van der Waals surface area contributed by atoms with Gasteiger partial charge in [0.05, 0.1) is 17.2 Å². The zero-order chi connectivity index (χ0) is 23.3. The third kappa shape index (κ3) is 5.56. The Kier molecular flexibility index (Phi) is 7.35. The van der Waals surface area contributed by atoms with Crippen LogP contribution in [0, 0.1) is 12.7 Å². The van der Waals surface area contributed by atoms with Crippen LogP contribution < -0.4 is 5.32 Å². The van der Waals surface area contributed by atoms with E-state index in [1.807, 2.05) is 24.5 Å². The summed E-state index contributed by atoms with van der Waals surface area (Å²) in [5.74, 6) is -0.326. The van der Waals surface area contributed by atoms with Gasteiger partial charge in [-0.25, -0.2) is 17.6 Å². The molecule has 1 aromatic heterocycles. The molecule has 0 aliphatic carbocycles. The minimum Gasteiger partial charge on any atom is -0.450 e. The fourth-order valence-electron chi connectivity index (χ4n) is 3.46. The van der Waals surface area contributed by atoms with Crippen molar-refractivity contribution in [2.45, 2.75) is 31.6 Å². The van der Waals surface area contributed by atoms with Crippen molar-refractivity contribution < 1.29 is 22.3 Å². The highest BCUT2D eigenvalue weighted by atomic mass is 32.2. The Morgan fingerprint density at radius 3 is 2.34 bits per heavy atom. The number of aromatic nitrogens is 1. The van der Waals surface area contributed by atoms with Gasteiger partial charge in [-0.15, -0.1) is 0 Å². The molecule has 6 nitrogen and oxygen atoms in total. The van der Waals surface area contributed by atoms with E-state index in [9.17, 15) is 17.6 Å². The predicted octanol–water partition coefficient (Wildman–Crippen LogP) is 4.67. The maximum Gasteiger partial charge on any atom is 0.407 e. The van der Waals surface area contributed by atoms with E-state index in [0.717, 1.165) is 34.6 Å². The summed E-state index contributed by atoms with van der Waals surface area (Å²) in [5.41, 5.74) is 4.41. The molecule has 0 spiro atoms. The fourth-order valence-corrected chi connectivity index (χ4v) is 4.10. The van der Waals surface area contributed by atoms with Crippen molar-refractivity contribution in [3.05, 3.63) is 71.7 Å². The van der Waals surface area contributed by atoms with Crippen LogP contribution in [-0.2, 0) is 21.0 Å². The first-order valence-electron chi connectivity index (χ1n) is 10.4. The van der Waals surface area contributed by atoms with Crippen molar-refractivity contribution in [3.8, 4) is 16.9 Å². The number of carbonyl (C=O) groups excluding carboxylic acids is 1. The second-order valence-electron chi connectivity index (χ2n) is 7.56. The van der Waals surface area contributed by atoms with Gasteiger partial charge in [-0.05, 0) is 73.4 Å². The largest absolute Gasteiger partial charge is 0.450 e. The van der Waals surface area contributed by atoms with Crippen LogP contribution in [0.2, 0.25) is 0 Å². The van der Waals surface area contributed by atoms with Crippen molar-refractivity contribution in [2.75, 3.05) is 19.4 Å². The quantitative estimate of drug-likeness (QED) is 0.532. The van der Waals surface area contributed by atoms with Crippen molar-refractivity contribution in [3.63, 3.8) is 0 Å². The second-order valence-corrected chi connectivity index (χ2v) is 9.58. The maximum atomic E-state index is 13.5. The van der Waals surface area contributed by atoms with Gasteiger partial charge in [-0.2, -0.15) is 0 Å². The minimum atomic E-state index is -3.30. The van der Waals surface area contributed by atoms with E-state index in [2.05, 4.69) is 5.32 Å². The molecule has 0 aliphatic heterocycles. The lowest BCUT2D eigenvalue weighted by atomic mass is 10.1. The van der Waals surface area contributed by atoms with Crippen LogP contribution in [0.25, 0.3) is 16.9 Å². The molecule has 0 bridgehead atoms. The first-order chi connectivity index (χ1) is 15.2. The molecule has 170 valence electrons. The van der Waals surface area contributed by atoms with Gasteiger partial charge in [0.2, 0.25) is 0 Å². The van der Waals surface area contributed by atoms with Crippen molar-refractivity contribution in [1.82, 2.24) is 9.88 Å². The summed E-state index contributed by atoms with van der Waals surface area (Å²) in [6.07, 6.45) is 2.06. The van der Waals surface area contributed by atoms with E-state index in [4.69, 9.17) is 4.74 Å². The van der Waals surface area contributed by atoms with Gasteiger partial charge >= 0.3 is 6.09 Å². The number of rotatable bonds is 8. The van der Waals surface area contributed by atoms with Crippen LogP contribution in [0.15, 0.2) is 59.5 Å². The average molecular weight is 459 g/mol. The van der Waals surface area contributed by atoms with Gasteiger partial charge in [0.25, 0.3) is 0 Å². The summed E-state index contributed by atoms with van der Waals surface area (Å²) in [5, 5.41) is 2.75. The third-order valence-corrected chi connectivity index (χ3v) is 6.24. The number of alkyl carbamates (subject to hydrolysis) is 1. The van der Waals surface area contributed by atoms with Gasteiger partial charge in [0, 0.05) is 24.2 Å². The van der Waals surface area contributed by atoms with Crippen LogP contribution in [0.1, 0.15) is 24.6 Å². The van der Waals surface area contributed by atoms with Crippen molar-refractivity contribution in [2.24, 2.45) is 0 Å². The van der Waals surface area contributed by atoms with Gasteiger partial charge in [-0.1, -0.05) is 19.1 Å². The van der Waals surface area contributed by atoms with Gasteiger partial charge < -0.3 is 14.6 Å². The Morgan fingerprint density at radius 2 is 1.75 bits per heavy atom. The topological polar surface area (TPSA) is 77.4 Å². The van der Waals surface area contributed by atoms with E-state index in [0.29, 0.717) is 19.6 Å². The van der Waals surface area contributed by atoms with E-state index in [1.54, 1.807) is 36.4 Å². The molecule has 8 heteroatoms. The average Bonchev–Trinajstić information content (AvgIpc) is 3.08. The minimum absolute atomic E-state index is 0.243. The molecule has 1 heterocycles. The number of nitrogens with zero attached hydrogens (tertiary/aromatic N) is 1. The third-order valence-electron chi connectivity index (χ3n) is 5.12. The van der Waals surface area contributed by atoms with E-state index >= 15 is 0 Å². The Labute approximate surface area is 188 Å². The molecule has 1 amide bonds. The Hall–Kier alpha value is -3.13. The van der Waals surface area contributed by atoms with E-state index in [1.165, 1.54) is 18.4 Å². The Bertz CT molecular complexity index is 1180. The summed E-state index contributed by atoms with van der Waals surface area (Å²) in [6.45, 7) is 4.67. The molecule has 1 N–H and O–H groups in total. The van der Waals surface area contributed by atoms with Crippen LogP contribution in [0.5, 0.6) is 0 Å². The summed E-state index contributed by atoms with van der Waals surface area (Å²) in [4.78, 5) is 12.0.